The maximum atomic E-state index is 12.5. The molecule has 0 aliphatic carbocycles. The topological polar surface area (TPSA) is 87.9 Å². The fourth-order valence-corrected chi connectivity index (χ4v) is 4.77. The molecule has 0 amide bonds. The summed E-state index contributed by atoms with van der Waals surface area (Å²) in [6, 6.07) is 27.8. The average Bonchev–Trinajstić information content (AvgIpc) is 2.97. The van der Waals surface area contributed by atoms with Gasteiger partial charge in [0.05, 0.1) is 12.0 Å². The third kappa shape index (κ3) is 5.67. The van der Waals surface area contributed by atoms with Gasteiger partial charge in [0.25, 0.3) is 0 Å². The number of piperazine rings is 1. The van der Waals surface area contributed by atoms with Crippen molar-refractivity contribution in [2.75, 3.05) is 48.0 Å². The summed E-state index contributed by atoms with van der Waals surface area (Å²) >= 11 is 0. The van der Waals surface area contributed by atoms with Gasteiger partial charge in [0.1, 0.15) is 12.1 Å². The van der Waals surface area contributed by atoms with Gasteiger partial charge in [0.15, 0.2) is 0 Å². The molecule has 2 heterocycles. The standard InChI is InChI=1S/C29H30N6O3/c1-38-26-14-12-25(13-15-26)32-16-18-33(19-17-32)28-27(35(36)37)29(31-22-30-28)34(20-23-8-4-2-5-9-23)21-24-10-6-3-7-11-24/h2-15,22H,16-21H2,1H3. The minimum Gasteiger partial charge on any atom is -0.497 e. The molecular formula is C29H30N6O3. The molecule has 194 valence electrons. The minimum absolute atomic E-state index is 0.0581. The maximum absolute atomic E-state index is 12.5. The van der Waals surface area contributed by atoms with Crippen molar-refractivity contribution in [2.24, 2.45) is 0 Å². The van der Waals surface area contributed by atoms with Crippen molar-refractivity contribution in [1.29, 1.82) is 0 Å². The zero-order valence-electron chi connectivity index (χ0n) is 21.3. The van der Waals surface area contributed by atoms with Crippen LogP contribution in [0, 0.1) is 10.1 Å². The summed E-state index contributed by atoms with van der Waals surface area (Å²) in [5, 5.41) is 12.5. The van der Waals surface area contributed by atoms with Crippen LogP contribution in [0.4, 0.5) is 23.0 Å². The van der Waals surface area contributed by atoms with Crippen molar-refractivity contribution in [3.8, 4) is 5.75 Å². The molecule has 3 aromatic carbocycles. The smallest absolute Gasteiger partial charge is 0.353 e. The van der Waals surface area contributed by atoms with Gasteiger partial charge in [-0.1, -0.05) is 60.7 Å². The largest absolute Gasteiger partial charge is 0.497 e. The van der Waals surface area contributed by atoms with Crippen molar-refractivity contribution in [1.82, 2.24) is 9.97 Å². The van der Waals surface area contributed by atoms with Gasteiger partial charge < -0.3 is 19.4 Å². The molecule has 4 aromatic rings. The third-order valence-electron chi connectivity index (χ3n) is 6.72. The van der Waals surface area contributed by atoms with Gasteiger partial charge in [-0.25, -0.2) is 9.97 Å². The Bertz CT molecular complexity index is 1300. The Balaban J connectivity index is 1.42. The van der Waals surface area contributed by atoms with E-state index in [0.717, 1.165) is 35.7 Å². The number of anilines is 3. The van der Waals surface area contributed by atoms with Gasteiger partial charge in [-0.3, -0.25) is 10.1 Å². The Kier molecular flexibility index (Phi) is 7.63. The molecule has 9 heteroatoms. The average molecular weight is 511 g/mol. The van der Waals surface area contributed by atoms with Crippen molar-refractivity contribution < 1.29 is 9.66 Å². The Morgan fingerprint density at radius 1 is 0.816 bits per heavy atom. The van der Waals surface area contributed by atoms with Crippen molar-refractivity contribution in [2.45, 2.75) is 13.1 Å². The summed E-state index contributed by atoms with van der Waals surface area (Å²) in [6.45, 7) is 3.64. The van der Waals surface area contributed by atoms with E-state index in [-0.39, 0.29) is 10.6 Å². The highest BCUT2D eigenvalue weighted by Crippen LogP contribution is 2.36. The molecule has 0 N–H and O–H groups in total. The number of aromatic nitrogens is 2. The summed E-state index contributed by atoms with van der Waals surface area (Å²) in [4.78, 5) is 27.2. The lowest BCUT2D eigenvalue weighted by molar-refractivity contribution is -0.383. The second-order valence-electron chi connectivity index (χ2n) is 9.13. The molecule has 9 nitrogen and oxygen atoms in total. The van der Waals surface area contributed by atoms with Gasteiger partial charge in [0, 0.05) is 45.0 Å². The Hall–Kier alpha value is -4.66. The Morgan fingerprint density at radius 3 is 1.89 bits per heavy atom. The summed E-state index contributed by atoms with van der Waals surface area (Å²) in [6.07, 6.45) is 1.44. The molecule has 5 rings (SSSR count). The number of nitro groups is 1. The Morgan fingerprint density at radius 2 is 1.37 bits per heavy atom. The highest BCUT2D eigenvalue weighted by Gasteiger charge is 2.32. The van der Waals surface area contributed by atoms with E-state index in [1.165, 1.54) is 6.33 Å². The first-order valence-electron chi connectivity index (χ1n) is 12.6. The molecule has 1 fully saturated rings. The summed E-state index contributed by atoms with van der Waals surface area (Å²) in [5.41, 5.74) is 3.13. The van der Waals surface area contributed by atoms with Gasteiger partial charge in [-0.2, -0.15) is 0 Å². The molecule has 0 radical (unpaired) electrons. The monoisotopic (exact) mass is 510 g/mol. The summed E-state index contributed by atoms with van der Waals surface area (Å²) in [7, 11) is 1.65. The first-order chi connectivity index (χ1) is 18.6. The SMILES string of the molecule is COc1ccc(N2CCN(c3ncnc(N(Cc4ccccc4)Cc4ccccc4)c3[N+](=O)[O-])CC2)cc1. The zero-order valence-corrected chi connectivity index (χ0v) is 21.3. The van der Waals surface area contributed by atoms with Gasteiger partial charge in [0.2, 0.25) is 11.6 Å². The molecule has 0 spiro atoms. The molecule has 1 aliphatic rings. The van der Waals surface area contributed by atoms with E-state index in [0.29, 0.717) is 37.8 Å². The summed E-state index contributed by atoms with van der Waals surface area (Å²) < 4.78 is 5.26. The highest BCUT2D eigenvalue weighted by atomic mass is 16.6. The minimum atomic E-state index is -0.344. The van der Waals surface area contributed by atoms with Gasteiger partial charge >= 0.3 is 5.69 Å². The number of hydrogen-bond acceptors (Lipinski definition) is 8. The van der Waals surface area contributed by atoms with Crippen LogP contribution in [0.5, 0.6) is 5.75 Å². The quantitative estimate of drug-likeness (QED) is 0.231. The third-order valence-corrected chi connectivity index (χ3v) is 6.72. The molecule has 1 aliphatic heterocycles. The van der Waals surface area contributed by atoms with E-state index in [1.807, 2.05) is 94.7 Å². The molecule has 0 atom stereocenters. The van der Waals surface area contributed by atoms with Gasteiger partial charge in [-0.15, -0.1) is 0 Å². The van der Waals surface area contributed by atoms with Crippen LogP contribution in [-0.4, -0.2) is 48.2 Å². The fourth-order valence-electron chi connectivity index (χ4n) is 4.77. The predicted molar refractivity (Wildman–Crippen MR) is 149 cm³/mol. The van der Waals surface area contributed by atoms with Crippen molar-refractivity contribution in [3.05, 3.63) is 112 Å². The Labute approximate surface area is 222 Å². The van der Waals surface area contributed by atoms with Crippen LogP contribution in [-0.2, 0) is 13.1 Å². The van der Waals surface area contributed by atoms with Crippen LogP contribution in [0.2, 0.25) is 0 Å². The van der Waals surface area contributed by atoms with Crippen LogP contribution in [0.25, 0.3) is 0 Å². The molecule has 1 saturated heterocycles. The number of ether oxygens (including phenoxy) is 1. The maximum Gasteiger partial charge on any atom is 0.353 e. The molecule has 1 aromatic heterocycles. The van der Waals surface area contributed by atoms with E-state index in [9.17, 15) is 10.1 Å². The normalized spacial score (nSPS) is 13.3. The van der Waals surface area contributed by atoms with Crippen LogP contribution >= 0.6 is 0 Å². The first-order valence-corrected chi connectivity index (χ1v) is 12.6. The van der Waals surface area contributed by atoms with E-state index in [2.05, 4.69) is 14.9 Å². The van der Waals surface area contributed by atoms with Crippen LogP contribution in [0.3, 0.4) is 0 Å². The summed E-state index contributed by atoms with van der Waals surface area (Å²) in [5.74, 6) is 1.50. The number of rotatable bonds is 9. The van der Waals surface area contributed by atoms with Crippen LogP contribution in [0.15, 0.2) is 91.3 Å². The van der Waals surface area contributed by atoms with Gasteiger partial charge in [-0.05, 0) is 35.4 Å². The fraction of sp³-hybridized carbons (Fsp3) is 0.241. The molecule has 0 saturated carbocycles. The van der Waals surface area contributed by atoms with E-state index < -0.39 is 0 Å². The second-order valence-corrected chi connectivity index (χ2v) is 9.13. The van der Waals surface area contributed by atoms with E-state index in [1.54, 1.807) is 7.11 Å². The number of hydrogen-bond donors (Lipinski definition) is 0. The first kappa shape index (κ1) is 25.0. The molecule has 0 bridgehead atoms. The lowest BCUT2D eigenvalue weighted by Gasteiger charge is -2.36. The molecule has 0 unspecified atom stereocenters. The van der Waals surface area contributed by atoms with Crippen LogP contribution in [0.1, 0.15) is 11.1 Å². The van der Waals surface area contributed by atoms with E-state index >= 15 is 0 Å². The molecule has 38 heavy (non-hydrogen) atoms. The van der Waals surface area contributed by atoms with E-state index in [4.69, 9.17) is 4.74 Å². The second kappa shape index (κ2) is 11.6. The lowest BCUT2D eigenvalue weighted by atomic mass is 10.1. The van der Waals surface area contributed by atoms with Crippen molar-refractivity contribution >= 4 is 23.0 Å². The van der Waals surface area contributed by atoms with Crippen molar-refractivity contribution in [3.63, 3.8) is 0 Å². The molecular weight excluding hydrogens is 480 g/mol. The number of nitrogens with zero attached hydrogens (tertiary/aromatic N) is 6. The zero-order chi connectivity index (χ0) is 26.3. The number of methoxy groups -OCH3 is 1. The highest BCUT2D eigenvalue weighted by molar-refractivity contribution is 5.72. The number of benzene rings is 3. The lowest BCUT2D eigenvalue weighted by Crippen LogP contribution is -2.47. The van der Waals surface area contributed by atoms with Crippen LogP contribution < -0.4 is 19.4 Å². The predicted octanol–water partition coefficient (Wildman–Crippen LogP) is 4.93.